The zero-order valence-corrected chi connectivity index (χ0v) is 10.6. The quantitative estimate of drug-likeness (QED) is 0.862. The Bertz CT molecular complexity index is 572. The third-order valence-corrected chi connectivity index (χ3v) is 2.84. The number of carboxylic acid groups (broad SMARTS) is 1. The van der Waals surface area contributed by atoms with Gasteiger partial charge >= 0.3 is 5.97 Å². The lowest BCUT2D eigenvalue weighted by molar-refractivity contribution is 0.0697. The van der Waals surface area contributed by atoms with Crippen molar-refractivity contribution in [1.29, 1.82) is 0 Å². The maximum Gasteiger partial charge on any atom is 0.335 e. The van der Waals surface area contributed by atoms with Gasteiger partial charge in [0.1, 0.15) is 5.76 Å². The smallest absolute Gasteiger partial charge is 0.335 e. The molecule has 0 aliphatic carbocycles. The van der Waals surface area contributed by atoms with E-state index in [1.807, 2.05) is 6.92 Å². The van der Waals surface area contributed by atoms with Gasteiger partial charge in [-0.2, -0.15) is 0 Å². The summed E-state index contributed by atoms with van der Waals surface area (Å²) in [7, 11) is 0. The van der Waals surface area contributed by atoms with Gasteiger partial charge in [0.25, 0.3) is 0 Å². The van der Waals surface area contributed by atoms with E-state index in [0.29, 0.717) is 18.7 Å². The highest BCUT2D eigenvalue weighted by Crippen LogP contribution is 2.22. The van der Waals surface area contributed by atoms with E-state index in [9.17, 15) is 4.79 Å². The highest BCUT2D eigenvalue weighted by atomic mass is 16.4. The zero-order valence-electron chi connectivity index (χ0n) is 10.6. The number of aliphatic hydroxyl groups excluding tert-OH is 1. The lowest BCUT2D eigenvalue weighted by Gasteiger charge is -1.96. The highest BCUT2D eigenvalue weighted by molar-refractivity contribution is 5.88. The van der Waals surface area contributed by atoms with Crippen molar-refractivity contribution < 1.29 is 19.4 Å². The molecule has 0 fully saturated rings. The van der Waals surface area contributed by atoms with Crippen LogP contribution in [0.15, 0.2) is 28.7 Å². The van der Waals surface area contributed by atoms with Crippen LogP contribution in [-0.2, 0) is 6.42 Å². The molecule has 5 heteroatoms. The van der Waals surface area contributed by atoms with Gasteiger partial charge in [-0.1, -0.05) is 0 Å². The molecule has 19 heavy (non-hydrogen) atoms. The first kappa shape index (κ1) is 13.3. The molecule has 0 spiro atoms. The molecule has 0 amide bonds. The Morgan fingerprint density at radius 3 is 2.58 bits per heavy atom. The standard InChI is InChI=1S/C14H15NO4/c1-9-12(3-2-8-16)15-13(19-9)10-4-6-11(7-5-10)14(17)18/h4-7,16H,2-3,8H2,1H3,(H,17,18). The largest absolute Gasteiger partial charge is 0.478 e. The summed E-state index contributed by atoms with van der Waals surface area (Å²) < 4.78 is 5.56. The summed E-state index contributed by atoms with van der Waals surface area (Å²) in [6, 6.07) is 6.38. The Labute approximate surface area is 110 Å². The van der Waals surface area contributed by atoms with E-state index in [0.717, 1.165) is 17.0 Å². The van der Waals surface area contributed by atoms with Crippen LogP contribution in [0.1, 0.15) is 28.2 Å². The van der Waals surface area contributed by atoms with Gasteiger partial charge in [0.2, 0.25) is 5.89 Å². The molecule has 1 heterocycles. The number of oxazole rings is 1. The number of rotatable bonds is 5. The minimum Gasteiger partial charge on any atom is -0.478 e. The number of aryl methyl sites for hydroxylation is 2. The second-order valence-electron chi connectivity index (χ2n) is 4.23. The Hall–Kier alpha value is -2.14. The molecule has 2 N–H and O–H groups in total. The summed E-state index contributed by atoms with van der Waals surface area (Å²) in [5, 5.41) is 17.6. The number of aliphatic hydroxyl groups is 1. The average molecular weight is 261 g/mol. The molecule has 1 aromatic carbocycles. The van der Waals surface area contributed by atoms with Gasteiger partial charge in [0.05, 0.1) is 11.3 Å². The topological polar surface area (TPSA) is 83.6 Å². The average Bonchev–Trinajstić information content (AvgIpc) is 2.78. The van der Waals surface area contributed by atoms with Crippen LogP contribution in [0.25, 0.3) is 11.5 Å². The van der Waals surface area contributed by atoms with Crippen LogP contribution in [0, 0.1) is 6.92 Å². The summed E-state index contributed by atoms with van der Waals surface area (Å²) in [5.74, 6) is 0.243. The molecule has 0 bridgehead atoms. The summed E-state index contributed by atoms with van der Waals surface area (Å²) in [6.07, 6.45) is 1.31. The van der Waals surface area contributed by atoms with Crippen LogP contribution in [0.3, 0.4) is 0 Å². The van der Waals surface area contributed by atoms with E-state index >= 15 is 0 Å². The molecule has 0 saturated carbocycles. The number of aromatic nitrogens is 1. The number of hydrogen-bond acceptors (Lipinski definition) is 4. The molecule has 2 rings (SSSR count). The fourth-order valence-electron chi connectivity index (χ4n) is 1.79. The highest BCUT2D eigenvalue weighted by Gasteiger charge is 2.11. The fourth-order valence-corrected chi connectivity index (χ4v) is 1.79. The monoisotopic (exact) mass is 261 g/mol. The summed E-state index contributed by atoms with van der Waals surface area (Å²) >= 11 is 0. The molecular weight excluding hydrogens is 246 g/mol. The van der Waals surface area contributed by atoms with E-state index in [1.165, 1.54) is 12.1 Å². The van der Waals surface area contributed by atoms with E-state index in [4.69, 9.17) is 14.6 Å². The summed E-state index contributed by atoms with van der Waals surface area (Å²) in [6.45, 7) is 1.95. The SMILES string of the molecule is Cc1oc(-c2ccc(C(=O)O)cc2)nc1CCCO. The summed E-state index contributed by atoms with van der Waals surface area (Å²) in [5.41, 5.74) is 1.79. The Morgan fingerprint density at radius 2 is 2.00 bits per heavy atom. The lowest BCUT2D eigenvalue weighted by atomic mass is 10.1. The van der Waals surface area contributed by atoms with E-state index in [1.54, 1.807) is 12.1 Å². The second kappa shape index (κ2) is 5.67. The van der Waals surface area contributed by atoms with Crippen LogP contribution in [0.2, 0.25) is 0 Å². The number of nitrogens with zero attached hydrogens (tertiary/aromatic N) is 1. The first-order valence-corrected chi connectivity index (χ1v) is 6.02. The van der Waals surface area contributed by atoms with Gasteiger partial charge in [-0.05, 0) is 44.0 Å². The van der Waals surface area contributed by atoms with Crippen molar-refractivity contribution in [2.45, 2.75) is 19.8 Å². The van der Waals surface area contributed by atoms with Crippen molar-refractivity contribution in [3.8, 4) is 11.5 Å². The predicted molar refractivity (Wildman–Crippen MR) is 69.0 cm³/mol. The van der Waals surface area contributed by atoms with Crippen molar-refractivity contribution in [2.24, 2.45) is 0 Å². The third kappa shape index (κ3) is 3.00. The van der Waals surface area contributed by atoms with Crippen molar-refractivity contribution in [3.05, 3.63) is 41.3 Å². The van der Waals surface area contributed by atoms with Gasteiger partial charge in [-0.15, -0.1) is 0 Å². The van der Waals surface area contributed by atoms with Gasteiger partial charge in [0.15, 0.2) is 0 Å². The zero-order chi connectivity index (χ0) is 13.8. The van der Waals surface area contributed by atoms with Crippen LogP contribution in [-0.4, -0.2) is 27.8 Å². The number of carbonyl (C=O) groups is 1. The van der Waals surface area contributed by atoms with Crippen LogP contribution in [0.4, 0.5) is 0 Å². The molecule has 0 aliphatic heterocycles. The number of hydrogen-bond donors (Lipinski definition) is 2. The number of carboxylic acids is 1. The van der Waals surface area contributed by atoms with Crippen molar-refractivity contribution in [2.75, 3.05) is 6.61 Å². The minimum atomic E-state index is -0.959. The third-order valence-electron chi connectivity index (χ3n) is 2.84. The molecule has 0 saturated heterocycles. The fraction of sp³-hybridized carbons (Fsp3) is 0.286. The maximum atomic E-state index is 10.8. The molecule has 5 nitrogen and oxygen atoms in total. The first-order valence-electron chi connectivity index (χ1n) is 6.02. The minimum absolute atomic E-state index is 0.120. The first-order chi connectivity index (χ1) is 9.11. The molecule has 0 aliphatic rings. The van der Waals surface area contributed by atoms with Crippen LogP contribution >= 0.6 is 0 Å². The molecule has 0 unspecified atom stereocenters. The maximum absolute atomic E-state index is 10.8. The van der Waals surface area contributed by atoms with Crippen molar-refractivity contribution >= 4 is 5.97 Å². The molecule has 2 aromatic rings. The normalized spacial score (nSPS) is 10.6. The van der Waals surface area contributed by atoms with Gasteiger partial charge < -0.3 is 14.6 Å². The predicted octanol–water partition coefficient (Wildman–Crippen LogP) is 2.27. The molecule has 0 atom stereocenters. The Morgan fingerprint density at radius 1 is 1.32 bits per heavy atom. The van der Waals surface area contributed by atoms with E-state index < -0.39 is 5.97 Å². The van der Waals surface area contributed by atoms with Gasteiger partial charge in [-0.3, -0.25) is 0 Å². The number of benzene rings is 1. The molecule has 1 aromatic heterocycles. The van der Waals surface area contributed by atoms with Crippen LogP contribution in [0.5, 0.6) is 0 Å². The van der Waals surface area contributed by atoms with Crippen molar-refractivity contribution in [1.82, 2.24) is 4.98 Å². The lowest BCUT2D eigenvalue weighted by Crippen LogP contribution is -1.95. The molecule has 0 radical (unpaired) electrons. The van der Waals surface area contributed by atoms with Gasteiger partial charge in [-0.25, -0.2) is 9.78 Å². The Balaban J connectivity index is 2.24. The summed E-state index contributed by atoms with van der Waals surface area (Å²) in [4.78, 5) is 15.1. The van der Waals surface area contributed by atoms with E-state index in [2.05, 4.69) is 4.98 Å². The second-order valence-corrected chi connectivity index (χ2v) is 4.23. The van der Waals surface area contributed by atoms with Crippen LogP contribution < -0.4 is 0 Å². The number of aromatic carboxylic acids is 1. The Kier molecular flexibility index (Phi) is 3.97. The van der Waals surface area contributed by atoms with Crippen molar-refractivity contribution in [3.63, 3.8) is 0 Å². The van der Waals surface area contributed by atoms with E-state index in [-0.39, 0.29) is 12.2 Å². The molecule has 100 valence electrons. The van der Waals surface area contributed by atoms with Gasteiger partial charge in [0, 0.05) is 12.2 Å². The molecular formula is C14H15NO4.